The highest BCUT2D eigenvalue weighted by Crippen LogP contribution is 2.45. The smallest absolute Gasteiger partial charge is 0.264 e. The molecule has 0 unspecified atom stereocenters. The average molecular weight is 417 g/mol. The van der Waals surface area contributed by atoms with E-state index in [2.05, 4.69) is 15.0 Å². The van der Waals surface area contributed by atoms with E-state index in [-0.39, 0.29) is 18.3 Å². The summed E-state index contributed by atoms with van der Waals surface area (Å²) in [6, 6.07) is 9.84. The van der Waals surface area contributed by atoms with Gasteiger partial charge in [-0.1, -0.05) is 30.3 Å². The quantitative estimate of drug-likeness (QED) is 0.550. The molecule has 0 bridgehead atoms. The van der Waals surface area contributed by atoms with E-state index in [9.17, 15) is 8.42 Å². The minimum atomic E-state index is -3.66. The predicted molar refractivity (Wildman–Crippen MR) is 107 cm³/mol. The fourth-order valence-electron chi connectivity index (χ4n) is 3.75. The monoisotopic (exact) mass is 417 g/mol. The zero-order chi connectivity index (χ0) is 20.5. The summed E-state index contributed by atoms with van der Waals surface area (Å²) in [4.78, 5) is 12.4. The number of ether oxygens (including phenoxy) is 1. The third-order valence-corrected chi connectivity index (χ3v) is 5.91. The molecule has 1 fully saturated rings. The summed E-state index contributed by atoms with van der Waals surface area (Å²) in [5, 5.41) is 0. The van der Waals surface area contributed by atoms with Gasteiger partial charge in [-0.25, -0.2) is 15.0 Å². The van der Waals surface area contributed by atoms with Crippen LogP contribution in [0.2, 0.25) is 0 Å². The van der Waals surface area contributed by atoms with Crippen LogP contribution in [0.15, 0.2) is 43.0 Å². The van der Waals surface area contributed by atoms with Crippen LogP contribution in [0.4, 0.5) is 5.82 Å². The molecule has 154 valence electrons. The van der Waals surface area contributed by atoms with Gasteiger partial charge in [0.1, 0.15) is 17.4 Å². The second-order valence-corrected chi connectivity index (χ2v) is 8.97. The highest BCUT2D eigenvalue weighted by Gasteiger charge is 2.51. The number of nitrogens with zero attached hydrogens (tertiary/aromatic N) is 4. The predicted octanol–water partition coefficient (Wildman–Crippen LogP) is 1.75. The lowest BCUT2D eigenvalue weighted by atomic mass is 9.69. The number of fused-ring (bicyclic) bond motifs is 1. The van der Waals surface area contributed by atoms with Crippen molar-refractivity contribution in [3.05, 3.63) is 48.5 Å². The first-order valence-electron chi connectivity index (χ1n) is 9.30. The second kappa shape index (κ2) is 7.69. The highest BCUT2D eigenvalue weighted by atomic mass is 32.2. The molecule has 1 aromatic carbocycles. The van der Waals surface area contributed by atoms with Crippen molar-refractivity contribution in [3.63, 3.8) is 0 Å². The number of rotatable bonds is 8. The number of aromatic nitrogens is 4. The molecule has 1 aliphatic rings. The molecular weight excluding hydrogens is 394 g/mol. The Balaban J connectivity index is 1.53. The van der Waals surface area contributed by atoms with Crippen LogP contribution in [0.5, 0.6) is 0 Å². The van der Waals surface area contributed by atoms with Gasteiger partial charge in [-0.05, 0) is 18.4 Å². The lowest BCUT2D eigenvalue weighted by molar-refractivity contribution is -0.110. The Morgan fingerprint density at radius 3 is 2.72 bits per heavy atom. The van der Waals surface area contributed by atoms with Gasteiger partial charge in [0.05, 0.1) is 32.3 Å². The highest BCUT2D eigenvalue weighted by molar-refractivity contribution is 7.86. The molecule has 1 saturated carbocycles. The van der Waals surface area contributed by atoms with Crippen LogP contribution in [-0.4, -0.2) is 46.4 Å². The van der Waals surface area contributed by atoms with Crippen molar-refractivity contribution in [1.82, 2.24) is 19.5 Å². The topological polar surface area (TPSA) is 122 Å². The van der Waals surface area contributed by atoms with Crippen molar-refractivity contribution < 1.29 is 17.3 Å². The van der Waals surface area contributed by atoms with Crippen LogP contribution in [0, 0.1) is 5.92 Å². The number of nitrogens with two attached hydrogens (primary N) is 1. The lowest BCUT2D eigenvalue weighted by Gasteiger charge is -2.48. The van der Waals surface area contributed by atoms with Crippen LogP contribution >= 0.6 is 0 Å². The third kappa shape index (κ3) is 4.24. The second-order valence-electron chi connectivity index (χ2n) is 7.39. The number of hydrogen-bond donors (Lipinski definition) is 1. The maximum Gasteiger partial charge on any atom is 0.264 e. The summed E-state index contributed by atoms with van der Waals surface area (Å²) in [7, 11) is -3.66. The van der Waals surface area contributed by atoms with Crippen molar-refractivity contribution >= 4 is 27.1 Å². The maximum absolute atomic E-state index is 12.0. The SMILES string of the molecule is CS(=O)(=O)O[C@]1(Cn2cnc3c(N)ncnc32)CC[C@@H]1COCc1ccccc1. The molecule has 2 aromatic heterocycles. The van der Waals surface area contributed by atoms with Gasteiger partial charge in [0, 0.05) is 5.92 Å². The van der Waals surface area contributed by atoms with Crippen molar-refractivity contribution in [2.75, 3.05) is 18.6 Å². The van der Waals surface area contributed by atoms with E-state index in [0.717, 1.165) is 18.2 Å². The van der Waals surface area contributed by atoms with E-state index in [1.54, 1.807) is 10.9 Å². The number of benzene rings is 1. The van der Waals surface area contributed by atoms with Crippen LogP contribution in [-0.2, 0) is 32.2 Å². The molecule has 1 aliphatic carbocycles. The molecule has 10 heteroatoms. The molecule has 9 nitrogen and oxygen atoms in total. The van der Waals surface area contributed by atoms with Crippen LogP contribution < -0.4 is 5.73 Å². The van der Waals surface area contributed by atoms with Gasteiger partial charge in [-0.2, -0.15) is 8.42 Å². The molecule has 0 amide bonds. The molecule has 3 aromatic rings. The van der Waals surface area contributed by atoms with Gasteiger partial charge in [-0.3, -0.25) is 4.18 Å². The largest absolute Gasteiger partial charge is 0.382 e. The van der Waals surface area contributed by atoms with Gasteiger partial charge in [0.15, 0.2) is 11.5 Å². The molecule has 0 spiro atoms. The molecule has 0 saturated heterocycles. The Bertz CT molecular complexity index is 1100. The Morgan fingerprint density at radius 1 is 1.24 bits per heavy atom. The minimum absolute atomic E-state index is 0.0717. The van der Waals surface area contributed by atoms with Crippen molar-refractivity contribution in [2.24, 2.45) is 5.92 Å². The molecule has 0 aliphatic heterocycles. The van der Waals surface area contributed by atoms with Crippen LogP contribution in [0.25, 0.3) is 11.2 Å². The summed E-state index contributed by atoms with van der Waals surface area (Å²) in [5.74, 6) is 0.209. The zero-order valence-electron chi connectivity index (χ0n) is 16.1. The first kappa shape index (κ1) is 19.7. The summed E-state index contributed by atoms with van der Waals surface area (Å²) < 4.78 is 37.2. The molecule has 4 rings (SSSR count). The molecule has 2 N–H and O–H groups in total. The Kier molecular flexibility index (Phi) is 5.24. The molecule has 2 heterocycles. The summed E-state index contributed by atoms with van der Waals surface area (Å²) >= 11 is 0. The standard InChI is InChI=1S/C19H23N5O4S/c1-29(25,26)28-19(11-24-13-23-16-17(20)21-12-22-18(16)24)8-7-15(19)10-27-9-14-5-3-2-4-6-14/h2-6,12-13,15H,7-11H2,1H3,(H2,20,21,22)/t15-,19+/m1/s1. The number of imidazole rings is 1. The third-order valence-electron chi connectivity index (χ3n) is 5.28. The average Bonchev–Trinajstić information content (AvgIpc) is 3.08. The van der Waals surface area contributed by atoms with Gasteiger partial charge in [0.25, 0.3) is 10.1 Å². The van der Waals surface area contributed by atoms with E-state index in [1.165, 1.54) is 6.33 Å². The Labute approximate surface area is 169 Å². The first-order chi connectivity index (χ1) is 13.9. The minimum Gasteiger partial charge on any atom is -0.382 e. The van der Waals surface area contributed by atoms with E-state index in [4.69, 9.17) is 14.7 Å². The summed E-state index contributed by atoms with van der Waals surface area (Å²) in [5.41, 5.74) is 7.05. The summed E-state index contributed by atoms with van der Waals surface area (Å²) in [6.07, 6.45) is 5.43. The molecule has 0 radical (unpaired) electrons. The van der Waals surface area contributed by atoms with Gasteiger partial charge in [0.2, 0.25) is 0 Å². The lowest BCUT2D eigenvalue weighted by Crippen LogP contribution is -2.55. The Hall–Kier alpha value is -2.56. The van der Waals surface area contributed by atoms with E-state index >= 15 is 0 Å². The van der Waals surface area contributed by atoms with Crippen molar-refractivity contribution in [2.45, 2.75) is 31.6 Å². The summed E-state index contributed by atoms with van der Waals surface area (Å²) in [6.45, 7) is 1.14. The number of hydrogen-bond acceptors (Lipinski definition) is 8. The fourth-order valence-corrected chi connectivity index (χ4v) is 4.62. The zero-order valence-corrected chi connectivity index (χ0v) is 16.9. The normalized spacial score (nSPS) is 21.9. The van der Waals surface area contributed by atoms with E-state index < -0.39 is 15.7 Å². The molecule has 2 atom stereocenters. The van der Waals surface area contributed by atoms with E-state index in [1.807, 2.05) is 30.3 Å². The van der Waals surface area contributed by atoms with Crippen LogP contribution in [0.1, 0.15) is 18.4 Å². The number of anilines is 1. The van der Waals surface area contributed by atoms with Gasteiger partial charge >= 0.3 is 0 Å². The van der Waals surface area contributed by atoms with Crippen molar-refractivity contribution in [1.29, 1.82) is 0 Å². The maximum atomic E-state index is 12.0. The van der Waals surface area contributed by atoms with Crippen LogP contribution in [0.3, 0.4) is 0 Å². The molecular formula is C19H23N5O4S. The van der Waals surface area contributed by atoms with Crippen molar-refractivity contribution in [3.8, 4) is 0 Å². The van der Waals surface area contributed by atoms with Gasteiger partial charge in [-0.15, -0.1) is 0 Å². The number of nitrogen functional groups attached to an aromatic ring is 1. The molecule has 29 heavy (non-hydrogen) atoms. The van der Waals surface area contributed by atoms with Gasteiger partial charge < -0.3 is 15.0 Å². The first-order valence-corrected chi connectivity index (χ1v) is 11.1. The van der Waals surface area contributed by atoms with E-state index in [0.29, 0.717) is 30.8 Å². The fraction of sp³-hybridized carbons (Fsp3) is 0.421. The Morgan fingerprint density at radius 2 is 2.03 bits per heavy atom.